The number of carbonyl (C=O) groups is 1. The van der Waals surface area contributed by atoms with Gasteiger partial charge in [0.2, 0.25) is 5.91 Å². The molecule has 0 aromatic heterocycles. The van der Waals surface area contributed by atoms with E-state index in [4.69, 9.17) is 4.74 Å². The van der Waals surface area contributed by atoms with Crippen molar-refractivity contribution in [2.45, 2.75) is 11.3 Å². The van der Waals surface area contributed by atoms with Crippen LogP contribution in [-0.4, -0.2) is 58.3 Å². The molecule has 2 saturated heterocycles. The van der Waals surface area contributed by atoms with Crippen molar-refractivity contribution >= 4 is 15.7 Å². The number of benzene rings is 1. The van der Waals surface area contributed by atoms with Gasteiger partial charge in [0.05, 0.1) is 17.9 Å². The van der Waals surface area contributed by atoms with Crippen molar-refractivity contribution in [3.63, 3.8) is 0 Å². The Morgan fingerprint density at radius 1 is 1.22 bits per heavy atom. The van der Waals surface area contributed by atoms with Crippen LogP contribution in [0.5, 0.6) is 5.75 Å². The summed E-state index contributed by atoms with van der Waals surface area (Å²) >= 11 is 0. The van der Waals surface area contributed by atoms with E-state index in [1.165, 1.54) is 18.4 Å². The van der Waals surface area contributed by atoms with Crippen LogP contribution in [0.25, 0.3) is 0 Å². The minimum absolute atomic E-state index is 0.132. The lowest BCUT2D eigenvalue weighted by atomic mass is 10.0. The number of hydrogen-bond donors (Lipinski definition) is 1. The second-order valence-electron chi connectivity index (χ2n) is 6.32. The van der Waals surface area contributed by atoms with Crippen molar-refractivity contribution in [3.8, 4) is 5.75 Å². The van der Waals surface area contributed by atoms with E-state index in [-0.39, 0.29) is 10.8 Å². The highest BCUT2D eigenvalue weighted by molar-refractivity contribution is 7.90. The van der Waals surface area contributed by atoms with Gasteiger partial charge in [-0.3, -0.25) is 4.79 Å². The molecule has 2 fully saturated rings. The van der Waals surface area contributed by atoms with Crippen molar-refractivity contribution in [1.82, 2.24) is 10.2 Å². The van der Waals surface area contributed by atoms with Crippen LogP contribution in [0, 0.1) is 11.8 Å². The average molecular weight is 338 g/mol. The molecular weight excluding hydrogens is 316 g/mol. The summed E-state index contributed by atoms with van der Waals surface area (Å²) in [6.45, 7) is 4.02. The molecule has 2 heterocycles. The second kappa shape index (κ2) is 6.49. The Labute approximate surface area is 136 Å². The number of sulfone groups is 1. The Morgan fingerprint density at radius 2 is 1.83 bits per heavy atom. The number of nitrogens with one attached hydrogen (secondary N) is 1. The fourth-order valence-corrected chi connectivity index (χ4v) is 3.89. The predicted octanol–water partition coefficient (Wildman–Crippen LogP) is 0.537. The third-order valence-corrected chi connectivity index (χ3v) is 5.71. The van der Waals surface area contributed by atoms with Crippen LogP contribution in [-0.2, 0) is 14.6 Å². The van der Waals surface area contributed by atoms with Gasteiger partial charge in [-0.15, -0.1) is 0 Å². The van der Waals surface area contributed by atoms with E-state index in [0.717, 1.165) is 26.2 Å². The molecule has 0 unspecified atom stereocenters. The largest absolute Gasteiger partial charge is 0.493 e. The molecule has 0 spiro atoms. The lowest BCUT2D eigenvalue weighted by Gasteiger charge is -2.17. The van der Waals surface area contributed by atoms with Gasteiger partial charge in [-0.25, -0.2) is 8.42 Å². The maximum Gasteiger partial charge on any atom is 0.226 e. The first-order valence-electron chi connectivity index (χ1n) is 7.85. The van der Waals surface area contributed by atoms with Crippen LogP contribution in [0.15, 0.2) is 29.2 Å². The second-order valence-corrected chi connectivity index (χ2v) is 8.33. The summed E-state index contributed by atoms with van der Waals surface area (Å²) in [4.78, 5) is 14.4. The molecule has 1 amide bonds. The zero-order valence-corrected chi connectivity index (χ0v) is 14.0. The SMILES string of the molecule is CS(=O)(=O)c1ccc(OCCC(=O)N2C[C@H]3CNC[C@H]3C2)cc1. The molecule has 2 aliphatic heterocycles. The van der Waals surface area contributed by atoms with E-state index in [1.54, 1.807) is 12.1 Å². The average Bonchev–Trinajstić information content (AvgIpc) is 3.08. The molecule has 6 nitrogen and oxygen atoms in total. The molecule has 1 N–H and O–H groups in total. The van der Waals surface area contributed by atoms with Crippen LogP contribution in [0.2, 0.25) is 0 Å². The molecular formula is C16H22N2O4S. The third kappa shape index (κ3) is 3.84. The van der Waals surface area contributed by atoms with E-state index in [9.17, 15) is 13.2 Å². The van der Waals surface area contributed by atoms with E-state index >= 15 is 0 Å². The zero-order valence-electron chi connectivity index (χ0n) is 13.2. The van der Waals surface area contributed by atoms with Gasteiger partial charge in [-0.05, 0) is 36.1 Å². The standard InChI is InChI=1S/C16H22N2O4S/c1-23(20,21)15-4-2-14(3-5-15)22-7-6-16(19)18-10-12-8-17-9-13(12)11-18/h2-5,12-13,17H,6-11H2,1H3/t12-,13+. The molecule has 2 atom stereocenters. The summed E-state index contributed by atoms with van der Waals surface area (Å²) < 4.78 is 28.3. The number of likely N-dealkylation sites (tertiary alicyclic amines) is 1. The summed E-state index contributed by atoms with van der Waals surface area (Å²) in [6.07, 6.45) is 1.52. The van der Waals surface area contributed by atoms with Gasteiger partial charge in [-0.1, -0.05) is 0 Å². The lowest BCUT2D eigenvalue weighted by Crippen LogP contribution is -2.32. The minimum atomic E-state index is -3.19. The maximum absolute atomic E-state index is 12.2. The lowest BCUT2D eigenvalue weighted by molar-refractivity contribution is -0.130. The maximum atomic E-state index is 12.2. The molecule has 7 heteroatoms. The van der Waals surface area contributed by atoms with E-state index in [0.29, 0.717) is 30.6 Å². The van der Waals surface area contributed by atoms with Gasteiger partial charge in [0.25, 0.3) is 0 Å². The highest BCUT2D eigenvalue weighted by Crippen LogP contribution is 2.26. The van der Waals surface area contributed by atoms with Gasteiger partial charge in [0.1, 0.15) is 5.75 Å². The first-order valence-corrected chi connectivity index (χ1v) is 9.74. The van der Waals surface area contributed by atoms with Crippen molar-refractivity contribution in [1.29, 1.82) is 0 Å². The Morgan fingerprint density at radius 3 is 2.39 bits per heavy atom. The van der Waals surface area contributed by atoms with E-state index in [1.807, 2.05) is 4.90 Å². The fraction of sp³-hybridized carbons (Fsp3) is 0.562. The Kier molecular flexibility index (Phi) is 4.59. The number of rotatable bonds is 5. The number of fused-ring (bicyclic) bond motifs is 1. The fourth-order valence-electron chi connectivity index (χ4n) is 3.26. The first kappa shape index (κ1) is 16.3. The number of hydrogen-bond acceptors (Lipinski definition) is 5. The Balaban J connectivity index is 1.45. The molecule has 0 aliphatic carbocycles. The van der Waals surface area contributed by atoms with E-state index < -0.39 is 9.84 Å². The molecule has 1 aromatic carbocycles. The van der Waals surface area contributed by atoms with Crippen LogP contribution < -0.4 is 10.1 Å². The highest BCUT2D eigenvalue weighted by atomic mass is 32.2. The molecule has 0 radical (unpaired) electrons. The van der Waals surface area contributed by atoms with Crippen molar-refractivity contribution in [2.24, 2.45) is 11.8 Å². The van der Waals surface area contributed by atoms with Crippen molar-refractivity contribution < 1.29 is 17.9 Å². The summed E-state index contributed by atoms with van der Waals surface area (Å²) in [5.74, 6) is 1.91. The summed E-state index contributed by atoms with van der Waals surface area (Å²) in [5.41, 5.74) is 0. The van der Waals surface area contributed by atoms with Crippen LogP contribution >= 0.6 is 0 Å². The number of ether oxygens (including phenoxy) is 1. The topological polar surface area (TPSA) is 75.7 Å². The van der Waals surface area contributed by atoms with E-state index in [2.05, 4.69) is 5.32 Å². The summed E-state index contributed by atoms with van der Waals surface area (Å²) in [7, 11) is -3.19. The Bertz CT molecular complexity index is 660. The molecule has 3 rings (SSSR count). The third-order valence-electron chi connectivity index (χ3n) is 4.58. The molecule has 1 aromatic rings. The quantitative estimate of drug-likeness (QED) is 0.848. The van der Waals surface area contributed by atoms with Gasteiger partial charge >= 0.3 is 0 Å². The summed E-state index contributed by atoms with van der Waals surface area (Å²) in [6, 6.07) is 6.27. The van der Waals surface area contributed by atoms with Gasteiger partial charge in [0, 0.05) is 32.4 Å². The first-order chi connectivity index (χ1) is 10.9. The minimum Gasteiger partial charge on any atom is -0.493 e. The number of amides is 1. The van der Waals surface area contributed by atoms with Crippen LogP contribution in [0.3, 0.4) is 0 Å². The molecule has 23 heavy (non-hydrogen) atoms. The molecule has 0 saturated carbocycles. The zero-order chi connectivity index (χ0) is 16.4. The van der Waals surface area contributed by atoms with Crippen LogP contribution in [0.1, 0.15) is 6.42 Å². The predicted molar refractivity (Wildman–Crippen MR) is 86.1 cm³/mol. The molecule has 2 aliphatic rings. The number of nitrogens with zero attached hydrogens (tertiary/aromatic N) is 1. The number of carbonyl (C=O) groups excluding carboxylic acids is 1. The van der Waals surface area contributed by atoms with Gasteiger partial charge < -0.3 is 15.0 Å². The van der Waals surface area contributed by atoms with Gasteiger partial charge in [0.15, 0.2) is 9.84 Å². The summed E-state index contributed by atoms with van der Waals surface area (Å²) in [5, 5.41) is 3.36. The smallest absolute Gasteiger partial charge is 0.226 e. The van der Waals surface area contributed by atoms with Crippen molar-refractivity contribution in [2.75, 3.05) is 39.0 Å². The van der Waals surface area contributed by atoms with Crippen LogP contribution in [0.4, 0.5) is 0 Å². The monoisotopic (exact) mass is 338 g/mol. The van der Waals surface area contributed by atoms with Crippen molar-refractivity contribution in [3.05, 3.63) is 24.3 Å². The molecule has 0 bridgehead atoms. The van der Waals surface area contributed by atoms with Gasteiger partial charge in [-0.2, -0.15) is 0 Å². The molecule has 126 valence electrons. The Hall–Kier alpha value is -1.60. The highest BCUT2D eigenvalue weighted by Gasteiger charge is 2.37. The normalized spacial score (nSPS) is 23.8.